The van der Waals surface area contributed by atoms with Crippen LogP contribution in [0.3, 0.4) is 0 Å². The highest BCUT2D eigenvalue weighted by Gasteiger charge is 2.17. The first-order chi connectivity index (χ1) is 8.22. The molecule has 3 rings (SSSR count). The van der Waals surface area contributed by atoms with Gasteiger partial charge in [-0.05, 0) is 11.4 Å². The quantitative estimate of drug-likeness (QED) is 0.772. The molecule has 2 N–H and O–H groups in total. The van der Waals surface area contributed by atoms with Crippen LogP contribution in [0.2, 0.25) is 5.15 Å². The lowest BCUT2D eigenvalue weighted by molar-refractivity contribution is 0.927. The number of halogens is 1. The second-order valence-corrected chi connectivity index (χ2v) is 4.93. The number of fused-ring (bicyclic) bond motifs is 1. The van der Waals surface area contributed by atoms with E-state index in [9.17, 15) is 0 Å². The molecular weight excluding hydrogens is 258 g/mol. The fraction of sp³-hybridized carbons (Fsp3) is 0.200. The average Bonchev–Trinajstić information content (AvgIpc) is 2.99. The summed E-state index contributed by atoms with van der Waals surface area (Å²) in [5, 5.41) is 6.96. The molecule has 0 atom stereocenters. The monoisotopic (exact) mass is 267 g/mol. The number of thiophene rings is 1. The molecule has 0 aliphatic heterocycles. The van der Waals surface area contributed by atoms with Gasteiger partial charge in [0.05, 0.1) is 10.6 Å². The molecule has 0 saturated carbocycles. The van der Waals surface area contributed by atoms with E-state index in [-0.39, 0.29) is 0 Å². The van der Waals surface area contributed by atoms with E-state index in [2.05, 4.69) is 10.1 Å². The zero-order valence-electron chi connectivity index (χ0n) is 9.09. The summed E-state index contributed by atoms with van der Waals surface area (Å²) in [6, 6.07) is 4.01. The maximum Gasteiger partial charge on any atom is 0.234 e. The van der Waals surface area contributed by atoms with Gasteiger partial charge < -0.3 is 5.73 Å². The summed E-state index contributed by atoms with van der Waals surface area (Å²) in [5.74, 6) is 1.56. The van der Waals surface area contributed by atoms with Crippen molar-refractivity contribution >= 4 is 28.7 Å². The second-order valence-electron chi connectivity index (χ2n) is 3.63. The number of nitrogens with zero attached hydrogens (tertiary/aromatic N) is 4. The summed E-state index contributed by atoms with van der Waals surface area (Å²) in [5.41, 5.74) is 6.23. The summed E-state index contributed by atoms with van der Waals surface area (Å²) in [7, 11) is 1.92. The first-order valence-electron chi connectivity index (χ1n) is 5.06. The molecule has 0 saturated heterocycles. The summed E-state index contributed by atoms with van der Waals surface area (Å²) in [4.78, 5) is 5.46. The summed E-state index contributed by atoms with van der Waals surface area (Å²) in [6.45, 7) is 0.316. The molecule has 3 heterocycles. The fourth-order valence-electron chi connectivity index (χ4n) is 1.74. The zero-order valence-corrected chi connectivity index (χ0v) is 10.7. The average molecular weight is 268 g/mol. The molecule has 88 valence electrons. The van der Waals surface area contributed by atoms with Gasteiger partial charge in [0.15, 0.2) is 11.0 Å². The topological polar surface area (TPSA) is 61.1 Å². The van der Waals surface area contributed by atoms with Crippen LogP contribution < -0.4 is 5.73 Å². The number of aryl methyl sites for hydroxylation is 1. The first kappa shape index (κ1) is 10.8. The van der Waals surface area contributed by atoms with E-state index in [0.29, 0.717) is 23.2 Å². The van der Waals surface area contributed by atoms with Crippen molar-refractivity contribution in [3.8, 4) is 10.7 Å². The van der Waals surface area contributed by atoms with Crippen LogP contribution in [0.25, 0.3) is 16.5 Å². The van der Waals surface area contributed by atoms with Crippen molar-refractivity contribution in [1.82, 2.24) is 19.2 Å². The van der Waals surface area contributed by atoms with Crippen LogP contribution in [0.4, 0.5) is 0 Å². The Morgan fingerprint density at radius 2 is 2.35 bits per heavy atom. The second kappa shape index (κ2) is 3.83. The van der Waals surface area contributed by atoms with Gasteiger partial charge in [-0.2, -0.15) is 4.52 Å². The van der Waals surface area contributed by atoms with E-state index < -0.39 is 0 Å². The third-order valence-electron chi connectivity index (χ3n) is 2.60. The molecule has 3 aromatic heterocycles. The van der Waals surface area contributed by atoms with Crippen molar-refractivity contribution < 1.29 is 0 Å². The van der Waals surface area contributed by atoms with Crippen LogP contribution in [0, 0.1) is 0 Å². The maximum atomic E-state index is 6.15. The van der Waals surface area contributed by atoms with Crippen LogP contribution in [0.15, 0.2) is 17.5 Å². The Morgan fingerprint density at radius 3 is 2.94 bits per heavy atom. The van der Waals surface area contributed by atoms with Crippen molar-refractivity contribution in [1.29, 1.82) is 0 Å². The number of imidazole rings is 1. The van der Waals surface area contributed by atoms with E-state index >= 15 is 0 Å². The lowest BCUT2D eigenvalue weighted by Crippen LogP contribution is -1.99. The predicted octanol–water partition coefficient (Wildman–Crippen LogP) is 1.91. The first-order valence-corrected chi connectivity index (χ1v) is 6.32. The molecule has 0 aliphatic rings. The van der Waals surface area contributed by atoms with Crippen molar-refractivity contribution in [2.75, 3.05) is 0 Å². The standard InChI is InChI=1S/C10H10ClN5S/c1-15-9(7-3-2-4-17-7)14-16-8(11)6(5-12)13-10(15)16/h2-4H,5,12H2,1H3. The number of aromatic nitrogens is 4. The molecule has 0 aromatic carbocycles. The third-order valence-corrected chi connectivity index (χ3v) is 3.84. The Kier molecular flexibility index (Phi) is 2.43. The van der Waals surface area contributed by atoms with Gasteiger partial charge in [-0.3, -0.25) is 4.57 Å². The minimum Gasteiger partial charge on any atom is -0.325 e. The fourth-order valence-corrected chi connectivity index (χ4v) is 2.71. The summed E-state index contributed by atoms with van der Waals surface area (Å²) >= 11 is 7.78. The minimum absolute atomic E-state index is 0.316. The van der Waals surface area contributed by atoms with Gasteiger partial charge >= 0.3 is 0 Å². The maximum absolute atomic E-state index is 6.15. The molecule has 0 aliphatic carbocycles. The van der Waals surface area contributed by atoms with Crippen molar-refractivity contribution in [3.05, 3.63) is 28.4 Å². The van der Waals surface area contributed by atoms with E-state index in [0.717, 1.165) is 10.7 Å². The lowest BCUT2D eigenvalue weighted by atomic mass is 10.4. The number of rotatable bonds is 2. The van der Waals surface area contributed by atoms with Crippen LogP contribution in [0.1, 0.15) is 5.69 Å². The normalized spacial score (nSPS) is 11.5. The summed E-state index contributed by atoms with van der Waals surface area (Å²) < 4.78 is 3.54. The van der Waals surface area contributed by atoms with Crippen molar-refractivity contribution in [2.24, 2.45) is 12.8 Å². The van der Waals surface area contributed by atoms with Gasteiger partial charge in [0.1, 0.15) is 0 Å². The Labute approximate surface area is 106 Å². The van der Waals surface area contributed by atoms with E-state index in [1.54, 1.807) is 15.9 Å². The Morgan fingerprint density at radius 1 is 1.53 bits per heavy atom. The molecule has 0 radical (unpaired) electrons. The van der Waals surface area contributed by atoms with Crippen LogP contribution in [0.5, 0.6) is 0 Å². The van der Waals surface area contributed by atoms with E-state index in [1.807, 2.05) is 29.1 Å². The molecule has 0 amide bonds. The van der Waals surface area contributed by atoms with Gasteiger partial charge in [0.25, 0.3) is 0 Å². The van der Waals surface area contributed by atoms with E-state index in [1.165, 1.54) is 0 Å². The van der Waals surface area contributed by atoms with Gasteiger partial charge in [-0.15, -0.1) is 16.4 Å². The van der Waals surface area contributed by atoms with Crippen LogP contribution in [-0.2, 0) is 13.6 Å². The number of hydrogen-bond donors (Lipinski definition) is 1. The molecule has 5 nitrogen and oxygen atoms in total. The Balaban J connectivity index is 2.27. The van der Waals surface area contributed by atoms with Crippen molar-refractivity contribution in [3.63, 3.8) is 0 Å². The van der Waals surface area contributed by atoms with Crippen LogP contribution in [-0.4, -0.2) is 19.2 Å². The highest BCUT2D eigenvalue weighted by atomic mass is 35.5. The number of hydrogen-bond acceptors (Lipinski definition) is 4. The third kappa shape index (κ3) is 1.49. The summed E-state index contributed by atoms with van der Waals surface area (Å²) in [6.07, 6.45) is 0. The van der Waals surface area contributed by atoms with Gasteiger partial charge in [-0.25, -0.2) is 4.98 Å². The van der Waals surface area contributed by atoms with E-state index in [4.69, 9.17) is 17.3 Å². The van der Waals surface area contributed by atoms with Gasteiger partial charge in [0, 0.05) is 13.6 Å². The molecule has 3 aromatic rings. The van der Waals surface area contributed by atoms with Gasteiger partial charge in [0.2, 0.25) is 5.78 Å². The van der Waals surface area contributed by atoms with Crippen LogP contribution >= 0.6 is 22.9 Å². The molecule has 0 unspecified atom stereocenters. The highest BCUT2D eigenvalue weighted by Crippen LogP contribution is 2.26. The van der Waals surface area contributed by atoms with Gasteiger partial charge in [-0.1, -0.05) is 17.7 Å². The molecule has 0 bridgehead atoms. The Hall–Kier alpha value is -1.37. The Bertz CT molecular complexity index is 667. The molecule has 0 spiro atoms. The lowest BCUT2D eigenvalue weighted by Gasteiger charge is -1.96. The SMILES string of the molecule is Cn1c(-c2cccs2)nn2c(Cl)c(CN)nc12. The highest BCUT2D eigenvalue weighted by molar-refractivity contribution is 7.13. The van der Waals surface area contributed by atoms with Crippen molar-refractivity contribution in [2.45, 2.75) is 6.54 Å². The molecule has 17 heavy (non-hydrogen) atoms. The number of nitrogens with two attached hydrogens (primary N) is 1. The zero-order chi connectivity index (χ0) is 12.0. The molecule has 0 fully saturated rings. The largest absolute Gasteiger partial charge is 0.325 e. The molecule has 7 heteroatoms. The molecular formula is C10H10ClN5S. The minimum atomic E-state index is 0.316. The predicted molar refractivity (Wildman–Crippen MR) is 68.2 cm³/mol. The smallest absolute Gasteiger partial charge is 0.234 e.